The molecule has 1 aliphatic heterocycles. The summed E-state index contributed by atoms with van der Waals surface area (Å²) in [6.45, 7) is 5.30. The Hall–Kier alpha value is -1.41. The summed E-state index contributed by atoms with van der Waals surface area (Å²) in [5, 5.41) is 12.4. The maximum absolute atomic E-state index is 10.3. The molecule has 3 heteroatoms. The van der Waals surface area contributed by atoms with E-state index < -0.39 is 0 Å². The van der Waals surface area contributed by atoms with Crippen LogP contribution in [0.4, 0.5) is 5.69 Å². The van der Waals surface area contributed by atoms with Gasteiger partial charge in [-0.2, -0.15) is 0 Å². The number of phenolic OH excluding ortho intramolecular Hbond substituents is 1. The lowest BCUT2D eigenvalue weighted by Crippen LogP contribution is -2.15. The molecule has 0 saturated heterocycles. The van der Waals surface area contributed by atoms with E-state index in [1.54, 1.807) is 0 Å². The number of aromatic hydroxyl groups is 1. The summed E-state index contributed by atoms with van der Waals surface area (Å²) in [5.74, 6) is 1.78. The second-order valence-corrected chi connectivity index (χ2v) is 6.33. The summed E-state index contributed by atoms with van der Waals surface area (Å²) in [4.78, 5) is 2.18. The van der Waals surface area contributed by atoms with Gasteiger partial charge in [-0.15, -0.1) is 11.6 Å². The number of rotatable bonds is 2. The quantitative estimate of drug-likeness (QED) is 0.826. The van der Waals surface area contributed by atoms with Crippen LogP contribution in [0.5, 0.6) is 5.75 Å². The molecular formula is C17H20ClNO. The fourth-order valence-electron chi connectivity index (χ4n) is 3.18. The minimum absolute atomic E-state index is 0.335. The highest BCUT2D eigenvalue weighted by Gasteiger charge is 2.29. The number of halogens is 1. The molecule has 0 saturated carbocycles. The number of hydrogen-bond donors (Lipinski definition) is 1. The van der Waals surface area contributed by atoms with Crippen LogP contribution in [0.3, 0.4) is 0 Å². The lowest BCUT2D eigenvalue weighted by atomic mass is 9.92. The van der Waals surface area contributed by atoms with Crippen LogP contribution in [0.1, 0.15) is 36.8 Å². The van der Waals surface area contributed by atoms with E-state index in [4.69, 9.17) is 11.6 Å². The standard InChI is InChI=1S/C17H20ClNO/c1-10(2)11-4-5-13-14(6-11)17-12(8-18)9-19(3)15(17)7-16(13)20/h4-7,10,12,20H,8-9H2,1-3H3/t12-/m1/s1. The van der Waals surface area contributed by atoms with Crippen LogP contribution in [0, 0.1) is 0 Å². The molecule has 20 heavy (non-hydrogen) atoms. The molecule has 3 rings (SSSR count). The number of nitrogens with zero attached hydrogens (tertiary/aromatic N) is 1. The van der Waals surface area contributed by atoms with Gasteiger partial charge in [0.15, 0.2) is 0 Å². The molecule has 106 valence electrons. The summed E-state index contributed by atoms with van der Waals surface area (Å²) in [5.41, 5.74) is 3.70. The molecule has 0 aromatic heterocycles. The van der Waals surface area contributed by atoms with Gasteiger partial charge >= 0.3 is 0 Å². The zero-order chi connectivity index (χ0) is 14.4. The first-order valence-corrected chi connectivity index (χ1v) is 7.63. The second kappa shape index (κ2) is 4.85. The first-order valence-electron chi connectivity index (χ1n) is 7.09. The molecule has 0 amide bonds. The van der Waals surface area contributed by atoms with Crippen LogP contribution in [0.15, 0.2) is 24.3 Å². The van der Waals surface area contributed by atoms with Gasteiger partial charge in [-0.25, -0.2) is 0 Å². The van der Waals surface area contributed by atoms with Crippen molar-refractivity contribution in [2.75, 3.05) is 24.4 Å². The third-order valence-electron chi connectivity index (χ3n) is 4.33. The highest BCUT2D eigenvalue weighted by atomic mass is 35.5. The van der Waals surface area contributed by atoms with E-state index in [0.29, 0.717) is 23.5 Å². The van der Waals surface area contributed by atoms with E-state index >= 15 is 0 Å². The fourth-order valence-corrected chi connectivity index (χ4v) is 3.43. The Labute approximate surface area is 125 Å². The predicted molar refractivity (Wildman–Crippen MR) is 86.4 cm³/mol. The Morgan fingerprint density at radius 2 is 2.05 bits per heavy atom. The van der Waals surface area contributed by atoms with Crippen LogP contribution in [0.25, 0.3) is 10.8 Å². The largest absolute Gasteiger partial charge is 0.507 e. The molecule has 0 radical (unpaired) electrons. The van der Waals surface area contributed by atoms with Crippen LogP contribution in [0.2, 0.25) is 0 Å². The molecule has 2 aromatic rings. The number of hydrogen-bond acceptors (Lipinski definition) is 2. The number of benzene rings is 2. The summed E-state index contributed by atoms with van der Waals surface area (Å²) >= 11 is 6.15. The Morgan fingerprint density at radius 3 is 2.70 bits per heavy atom. The Balaban J connectivity index is 2.34. The number of likely N-dealkylation sites (N-methyl/N-ethyl adjacent to an activating group) is 1. The number of phenols is 1. The van der Waals surface area contributed by atoms with Crippen LogP contribution < -0.4 is 4.90 Å². The molecule has 0 spiro atoms. The van der Waals surface area contributed by atoms with Gasteiger partial charge in [-0.3, -0.25) is 0 Å². The predicted octanol–water partition coefficient (Wildman–Crippen LogP) is 4.44. The third-order valence-corrected chi connectivity index (χ3v) is 4.70. The van der Waals surface area contributed by atoms with Crippen molar-refractivity contribution in [3.8, 4) is 5.75 Å². The summed E-state index contributed by atoms with van der Waals surface area (Å²) in [6, 6.07) is 8.23. The molecule has 0 fully saturated rings. The first kappa shape index (κ1) is 13.6. The van der Waals surface area contributed by atoms with Crippen molar-refractivity contribution in [1.82, 2.24) is 0 Å². The van der Waals surface area contributed by atoms with Crippen molar-refractivity contribution in [1.29, 1.82) is 0 Å². The Morgan fingerprint density at radius 1 is 1.30 bits per heavy atom. The molecule has 2 aromatic carbocycles. The maximum atomic E-state index is 10.3. The molecule has 1 atom stereocenters. The van der Waals surface area contributed by atoms with Gasteiger partial charge in [0.2, 0.25) is 0 Å². The molecule has 0 unspecified atom stereocenters. The summed E-state index contributed by atoms with van der Waals surface area (Å²) in [6.07, 6.45) is 0. The van der Waals surface area contributed by atoms with Gasteiger partial charge in [0.25, 0.3) is 0 Å². The van der Waals surface area contributed by atoms with E-state index in [1.807, 2.05) is 12.1 Å². The number of anilines is 1. The molecule has 1 aliphatic rings. The topological polar surface area (TPSA) is 23.5 Å². The van der Waals surface area contributed by atoms with Crippen molar-refractivity contribution >= 4 is 28.1 Å². The zero-order valence-electron chi connectivity index (χ0n) is 12.2. The van der Waals surface area contributed by atoms with Crippen molar-refractivity contribution in [2.45, 2.75) is 25.7 Å². The van der Waals surface area contributed by atoms with Crippen LogP contribution in [-0.2, 0) is 0 Å². The Kier molecular flexibility index (Phi) is 3.29. The maximum Gasteiger partial charge on any atom is 0.125 e. The second-order valence-electron chi connectivity index (χ2n) is 6.02. The molecule has 0 aliphatic carbocycles. The lowest BCUT2D eigenvalue weighted by molar-refractivity contribution is 0.481. The van der Waals surface area contributed by atoms with Gasteiger partial charge in [0.05, 0.1) is 0 Å². The van der Waals surface area contributed by atoms with E-state index in [2.05, 4.69) is 37.9 Å². The SMILES string of the molecule is CC(C)c1ccc2c(O)cc3c(c2c1)[C@H](CCl)CN3C. The minimum atomic E-state index is 0.335. The van der Waals surface area contributed by atoms with Gasteiger partial charge in [0.1, 0.15) is 5.75 Å². The lowest BCUT2D eigenvalue weighted by Gasteiger charge is -2.15. The van der Waals surface area contributed by atoms with Crippen molar-refractivity contribution < 1.29 is 5.11 Å². The minimum Gasteiger partial charge on any atom is -0.507 e. The third kappa shape index (κ3) is 1.94. The molecular weight excluding hydrogens is 270 g/mol. The van der Waals surface area contributed by atoms with E-state index in [1.165, 1.54) is 11.1 Å². The van der Waals surface area contributed by atoms with Crippen LogP contribution in [-0.4, -0.2) is 24.6 Å². The van der Waals surface area contributed by atoms with Gasteiger partial charge < -0.3 is 10.0 Å². The monoisotopic (exact) mass is 289 g/mol. The number of fused-ring (bicyclic) bond motifs is 3. The molecule has 2 nitrogen and oxygen atoms in total. The molecule has 0 bridgehead atoms. The molecule has 1 heterocycles. The fraction of sp³-hybridized carbons (Fsp3) is 0.412. The van der Waals surface area contributed by atoms with Gasteiger partial charge in [0, 0.05) is 42.5 Å². The van der Waals surface area contributed by atoms with Crippen LogP contribution >= 0.6 is 11.6 Å². The summed E-state index contributed by atoms with van der Waals surface area (Å²) < 4.78 is 0. The number of alkyl halides is 1. The average molecular weight is 290 g/mol. The average Bonchev–Trinajstić information content (AvgIpc) is 2.75. The summed E-state index contributed by atoms with van der Waals surface area (Å²) in [7, 11) is 2.06. The first-order chi connectivity index (χ1) is 9.52. The van der Waals surface area contributed by atoms with E-state index in [0.717, 1.165) is 23.0 Å². The van der Waals surface area contributed by atoms with Crippen molar-refractivity contribution in [3.63, 3.8) is 0 Å². The zero-order valence-corrected chi connectivity index (χ0v) is 12.9. The Bertz CT molecular complexity index is 666. The molecule has 1 N–H and O–H groups in total. The van der Waals surface area contributed by atoms with Crippen molar-refractivity contribution in [3.05, 3.63) is 35.4 Å². The van der Waals surface area contributed by atoms with Gasteiger partial charge in [-0.05, 0) is 22.4 Å². The highest BCUT2D eigenvalue weighted by molar-refractivity contribution is 6.18. The highest BCUT2D eigenvalue weighted by Crippen LogP contribution is 2.45. The van der Waals surface area contributed by atoms with Gasteiger partial charge in [-0.1, -0.05) is 32.0 Å². The van der Waals surface area contributed by atoms with E-state index in [-0.39, 0.29) is 0 Å². The smallest absolute Gasteiger partial charge is 0.125 e. The van der Waals surface area contributed by atoms with E-state index in [9.17, 15) is 5.11 Å². The van der Waals surface area contributed by atoms with Crippen molar-refractivity contribution in [2.24, 2.45) is 0 Å². The normalized spacial score (nSPS) is 18.1.